The zero-order valence-corrected chi connectivity index (χ0v) is 18.3. The van der Waals surface area contributed by atoms with Crippen LogP contribution in [0.2, 0.25) is 0 Å². The third-order valence-electron chi connectivity index (χ3n) is 6.33. The molecule has 0 spiro atoms. The van der Waals surface area contributed by atoms with E-state index >= 15 is 0 Å². The van der Waals surface area contributed by atoms with Crippen molar-refractivity contribution >= 4 is 34.1 Å². The second-order valence-electron chi connectivity index (χ2n) is 8.27. The molecule has 0 radical (unpaired) electrons. The van der Waals surface area contributed by atoms with Gasteiger partial charge >= 0.3 is 5.97 Å². The zero-order valence-electron chi connectivity index (χ0n) is 17.5. The van der Waals surface area contributed by atoms with E-state index in [2.05, 4.69) is 16.8 Å². The molecular weight excluding hydrogens is 420 g/mol. The average molecular weight is 445 g/mol. The van der Waals surface area contributed by atoms with E-state index in [0.717, 1.165) is 33.3 Å². The molecular formula is C26H24N2O3S. The van der Waals surface area contributed by atoms with E-state index in [1.165, 1.54) is 0 Å². The second kappa shape index (κ2) is 8.63. The number of amides is 1. The Labute approximate surface area is 190 Å². The van der Waals surface area contributed by atoms with Gasteiger partial charge in [0, 0.05) is 22.5 Å². The van der Waals surface area contributed by atoms with Crippen LogP contribution in [0.4, 0.5) is 0 Å². The van der Waals surface area contributed by atoms with Gasteiger partial charge in [0.25, 0.3) is 0 Å². The zero-order chi connectivity index (χ0) is 22.1. The Kier molecular flexibility index (Phi) is 5.53. The number of carboxylic acids is 1. The minimum atomic E-state index is -0.852. The number of para-hydroxylation sites is 1. The van der Waals surface area contributed by atoms with Crippen LogP contribution in [0, 0.1) is 5.92 Å². The molecule has 0 saturated heterocycles. The first-order chi connectivity index (χ1) is 15.6. The van der Waals surface area contributed by atoms with Crippen molar-refractivity contribution in [2.45, 2.75) is 31.8 Å². The standard InChI is InChI=1S/C26H24N2O3S/c29-24(30)15-28-22-9-5-4-8-20(22)21-14-18(10-11-23(21)28)26(31)27-25(19-12-13-32-16-19)17-6-2-1-3-7-17/h1-9,12-13,16,18,25H,10-11,14-15H2,(H,27,31)(H,29,30). The average Bonchev–Trinajstić information content (AvgIpc) is 3.45. The van der Waals surface area contributed by atoms with E-state index in [0.29, 0.717) is 19.3 Å². The maximum Gasteiger partial charge on any atom is 0.323 e. The highest BCUT2D eigenvalue weighted by molar-refractivity contribution is 7.08. The van der Waals surface area contributed by atoms with Crippen molar-refractivity contribution in [3.63, 3.8) is 0 Å². The summed E-state index contributed by atoms with van der Waals surface area (Å²) in [5, 5.41) is 17.9. The first-order valence-corrected chi connectivity index (χ1v) is 11.7. The molecule has 2 N–H and O–H groups in total. The van der Waals surface area contributed by atoms with Crippen molar-refractivity contribution < 1.29 is 14.7 Å². The summed E-state index contributed by atoms with van der Waals surface area (Å²) in [4.78, 5) is 24.9. The molecule has 32 heavy (non-hydrogen) atoms. The Hall–Kier alpha value is -3.38. The number of rotatable bonds is 6. The van der Waals surface area contributed by atoms with Crippen molar-refractivity contribution in [3.05, 3.63) is 93.8 Å². The number of carbonyl (C=O) groups excluding carboxylic acids is 1. The van der Waals surface area contributed by atoms with E-state index in [1.807, 2.05) is 64.5 Å². The van der Waals surface area contributed by atoms with Crippen LogP contribution in [0.25, 0.3) is 10.9 Å². The number of hydrogen-bond acceptors (Lipinski definition) is 3. The molecule has 0 fully saturated rings. The Balaban J connectivity index is 1.43. The number of carboxylic acid groups (broad SMARTS) is 1. The Morgan fingerprint density at radius 2 is 1.84 bits per heavy atom. The number of benzene rings is 2. The second-order valence-corrected chi connectivity index (χ2v) is 9.05. The number of carbonyl (C=O) groups is 2. The van der Waals surface area contributed by atoms with Crippen LogP contribution < -0.4 is 5.32 Å². The number of nitrogens with zero attached hydrogens (tertiary/aromatic N) is 1. The van der Waals surface area contributed by atoms with Gasteiger partial charge in [-0.05, 0) is 58.8 Å². The molecule has 2 unspecified atom stereocenters. The topological polar surface area (TPSA) is 71.3 Å². The summed E-state index contributed by atoms with van der Waals surface area (Å²) in [5.41, 5.74) is 5.24. The lowest BCUT2D eigenvalue weighted by Gasteiger charge is -2.26. The molecule has 1 aliphatic carbocycles. The van der Waals surface area contributed by atoms with Gasteiger partial charge in [0.1, 0.15) is 6.54 Å². The lowest BCUT2D eigenvalue weighted by Crippen LogP contribution is -2.37. The highest BCUT2D eigenvalue weighted by atomic mass is 32.1. The first-order valence-electron chi connectivity index (χ1n) is 10.8. The van der Waals surface area contributed by atoms with E-state index < -0.39 is 5.97 Å². The third kappa shape index (κ3) is 3.82. The van der Waals surface area contributed by atoms with E-state index in [4.69, 9.17) is 0 Å². The number of thiophene rings is 1. The van der Waals surface area contributed by atoms with Crippen LogP contribution in [0.1, 0.15) is 34.8 Å². The monoisotopic (exact) mass is 444 g/mol. The van der Waals surface area contributed by atoms with Crippen LogP contribution in [0.15, 0.2) is 71.4 Å². The molecule has 2 aromatic carbocycles. The number of nitrogens with one attached hydrogen (secondary N) is 1. The summed E-state index contributed by atoms with van der Waals surface area (Å²) >= 11 is 1.62. The molecule has 2 heterocycles. The summed E-state index contributed by atoms with van der Waals surface area (Å²) < 4.78 is 1.90. The molecule has 0 saturated carbocycles. The molecule has 0 bridgehead atoms. The Morgan fingerprint density at radius 1 is 1.06 bits per heavy atom. The smallest absolute Gasteiger partial charge is 0.323 e. The predicted octanol–water partition coefficient (Wildman–Crippen LogP) is 4.80. The van der Waals surface area contributed by atoms with Crippen molar-refractivity contribution in [1.29, 1.82) is 0 Å². The fraction of sp³-hybridized carbons (Fsp3) is 0.231. The molecule has 5 rings (SSSR count). The predicted molar refractivity (Wildman–Crippen MR) is 126 cm³/mol. The van der Waals surface area contributed by atoms with E-state index in [9.17, 15) is 14.7 Å². The normalized spacial score (nSPS) is 16.4. The van der Waals surface area contributed by atoms with E-state index in [-0.39, 0.29) is 24.4 Å². The first kappa shape index (κ1) is 20.5. The van der Waals surface area contributed by atoms with Crippen LogP contribution in [0.5, 0.6) is 0 Å². The fourth-order valence-corrected chi connectivity index (χ4v) is 5.53. The molecule has 0 aliphatic heterocycles. The number of hydrogen-bond donors (Lipinski definition) is 2. The minimum Gasteiger partial charge on any atom is -0.480 e. The van der Waals surface area contributed by atoms with Crippen molar-refractivity contribution in [2.75, 3.05) is 0 Å². The lowest BCUT2D eigenvalue weighted by molar-refractivity contribution is -0.137. The van der Waals surface area contributed by atoms with Gasteiger partial charge in [-0.25, -0.2) is 0 Å². The summed E-state index contributed by atoms with van der Waals surface area (Å²) in [6.07, 6.45) is 2.03. The van der Waals surface area contributed by atoms with Gasteiger partial charge in [-0.3, -0.25) is 9.59 Å². The van der Waals surface area contributed by atoms with Gasteiger partial charge in [0.2, 0.25) is 5.91 Å². The van der Waals surface area contributed by atoms with Crippen LogP contribution in [-0.2, 0) is 29.0 Å². The highest BCUT2D eigenvalue weighted by Gasteiger charge is 2.31. The van der Waals surface area contributed by atoms with Crippen LogP contribution >= 0.6 is 11.3 Å². The van der Waals surface area contributed by atoms with Gasteiger partial charge in [-0.2, -0.15) is 11.3 Å². The minimum absolute atomic E-state index is 0.0470. The van der Waals surface area contributed by atoms with Crippen molar-refractivity contribution in [3.8, 4) is 0 Å². The van der Waals surface area contributed by atoms with E-state index in [1.54, 1.807) is 11.3 Å². The Bertz CT molecular complexity index is 1260. The molecule has 162 valence electrons. The summed E-state index contributed by atoms with van der Waals surface area (Å²) in [5.74, 6) is -0.947. The number of fused-ring (bicyclic) bond motifs is 3. The summed E-state index contributed by atoms with van der Waals surface area (Å²) in [7, 11) is 0. The van der Waals surface area contributed by atoms with Gasteiger partial charge in [0.05, 0.1) is 6.04 Å². The maximum atomic E-state index is 13.4. The molecule has 1 amide bonds. The molecule has 2 atom stereocenters. The lowest BCUT2D eigenvalue weighted by atomic mass is 9.85. The summed E-state index contributed by atoms with van der Waals surface area (Å²) in [6.45, 7) is -0.0546. The molecule has 2 aromatic heterocycles. The molecule has 6 heteroatoms. The number of aliphatic carboxylic acids is 1. The Morgan fingerprint density at radius 3 is 2.59 bits per heavy atom. The van der Waals surface area contributed by atoms with Gasteiger partial charge in [0.15, 0.2) is 0 Å². The molecule has 4 aromatic rings. The molecule has 5 nitrogen and oxygen atoms in total. The van der Waals surface area contributed by atoms with Gasteiger partial charge in [-0.1, -0.05) is 48.5 Å². The van der Waals surface area contributed by atoms with Crippen molar-refractivity contribution in [1.82, 2.24) is 9.88 Å². The quantitative estimate of drug-likeness (QED) is 0.449. The largest absolute Gasteiger partial charge is 0.480 e. The SMILES string of the molecule is O=C(O)Cn1c2c(c3ccccc31)CC(C(=O)NC(c1ccccc1)c1ccsc1)CC2. The van der Waals surface area contributed by atoms with Crippen molar-refractivity contribution in [2.24, 2.45) is 5.92 Å². The third-order valence-corrected chi connectivity index (χ3v) is 7.04. The van der Waals surface area contributed by atoms with Crippen LogP contribution in [0.3, 0.4) is 0 Å². The number of aromatic nitrogens is 1. The van der Waals surface area contributed by atoms with Crippen LogP contribution in [-0.4, -0.2) is 21.6 Å². The highest BCUT2D eigenvalue weighted by Crippen LogP contribution is 2.35. The fourth-order valence-electron chi connectivity index (χ4n) is 4.84. The molecule has 1 aliphatic rings. The summed E-state index contributed by atoms with van der Waals surface area (Å²) in [6, 6.07) is 19.8. The maximum absolute atomic E-state index is 13.4. The van der Waals surface area contributed by atoms with Gasteiger partial charge < -0.3 is 15.0 Å². The van der Waals surface area contributed by atoms with Gasteiger partial charge in [-0.15, -0.1) is 0 Å².